The van der Waals surface area contributed by atoms with Gasteiger partial charge in [-0.25, -0.2) is 9.36 Å². The predicted octanol–water partition coefficient (Wildman–Crippen LogP) is 8.80. The maximum Gasteiger partial charge on any atom is 0.508 e. The zero-order valence-electron chi connectivity index (χ0n) is 30.7. The fourth-order valence-electron chi connectivity index (χ4n) is 5.94. The molecule has 5 atom stereocenters. The molecule has 0 aliphatic carbocycles. The Bertz CT molecular complexity index is 1080. The molecule has 0 bridgehead atoms. The number of nitrogens with one attached hydrogen (secondary N) is 1. The smallest absolute Gasteiger partial charge is 0.431 e. The van der Waals surface area contributed by atoms with Crippen LogP contribution in [0.25, 0.3) is 0 Å². The molecule has 2 rings (SSSR count). The van der Waals surface area contributed by atoms with Gasteiger partial charge in [0.2, 0.25) is 5.91 Å². The van der Waals surface area contributed by atoms with Crippen molar-refractivity contribution in [3.05, 3.63) is 35.9 Å². The summed E-state index contributed by atoms with van der Waals surface area (Å²) in [6.07, 6.45) is 13.8. The summed E-state index contributed by atoms with van der Waals surface area (Å²) in [6, 6.07) is 9.17. The molecule has 2 N–H and O–H groups in total. The third-order valence-corrected chi connectivity index (χ3v) is 9.67. The number of phosphoric acid groups is 1. The zero-order valence-corrected chi connectivity index (χ0v) is 31.6. The SMILES string of the molecule is CCCCCCCCCCCCCCCC(=O)NCCC[C@@H]1O[C@H](COC(=O)OCc2ccccc2)C(OP(=O)(O)OC(C)(C)C)[C@@H]1OC. The van der Waals surface area contributed by atoms with E-state index in [1.54, 1.807) is 20.8 Å². The Morgan fingerprint density at radius 3 is 2.00 bits per heavy atom. The lowest BCUT2D eigenvalue weighted by atomic mass is 10.0. The van der Waals surface area contributed by atoms with E-state index in [0.717, 1.165) is 18.4 Å². The van der Waals surface area contributed by atoms with E-state index in [9.17, 15) is 19.0 Å². The lowest BCUT2D eigenvalue weighted by Crippen LogP contribution is -2.39. The summed E-state index contributed by atoms with van der Waals surface area (Å²) in [5, 5.41) is 2.98. The second kappa shape index (κ2) is 24.2. The van der Waals surface area contributed by atoms with Crippen molar-refractivity contribution < 1.29 is 47.0 Å². The van der Waals surface area contributed by atoms with Crippen LogP contribution in [0.5, 0.6) is 0 Å². The molecule has 0 radical (unpaired) electrons. The highest BCUT2D eigenvalue weighted by molar-refractivity contribution is 7.47. The number of rotatable bonds is 26. The van der Waals surface area contributed by atoms with Crippen LogP contribution in [0, 0.1) is 0 Å². The van der Waals surface area contributed by atoms with Crippen LogP contribution in [0.1, 0.15) is 136 Å². The number of benzene rings is 1. The Hall–Kier alpha value is -2.01. The van der Waals surface area contributed by atoms with Gasteiger partial charge in [0.05, 0.1) is 11.7 Å². The molecule has 1 saturated heterocycles. The molecule has 1 heterocycles. The van der Waals surface area contributed by atoms with Crippen LogP contribution in [-0.4, -0.2) is 67.2 Å². The molecule has 2 unspecified atom stereocenters. The van der Waals surface area contributed by atoms with Gasteiger partial charge in [-0.2, -0.15) is 0 Å². The Kier molecular flexibility index (Phi) is 21.3. The molecular formula is C37H64NO10P. The number of phosphoric ester groups is 1. The molecule has 12 heteroatoms. The minimum atomic E-state index is -4.54. The topological polar surface area (TPSA) is 139 Å². The molecule has 282 valence electrons. The van der Waals surface area contributed by atoms with Crippen molar-refractivity contribution in [3.8, 4) is 0 Å². The summed E-state index contributed by atoms with van der Waals surface area (Å²) >= 11 is 0. The van der Waals surface area contributed by atoms with Crippen LogP contribution in [0.2, 0.25) is 0 Å². The first-order valence-electron chi connectivity index (χ1n) is 18.4. The van der Waals surface area contributed by atoms with Gasteiger partial charge in [0.1, 0.15) is 31.5 Å². The molecule has 1 fully saturated rings. The van der Waals surface area contributed by atoms with Crippen molar-refractivity contribution in [2.45, 2.75) is 167 Å². The van der Waals surface area contributed by atoms with Gasteiger partial charge in [-0.3, -0.25) is 13.8 Å². The van der Waals surface area contributed by atoms with Gasteiger partial charge in [0, 0.05) is 20.1 Å². The van der Waals surface area contributed by atoms with E-state index < -0.39 is 44.0 Å². The average molecular weight is 714 g/mol. The lowest BCUT2D eigenvalue weighted by Gasteiger charge is -2.28. The van der Waals surface area contributed by atoms with Gasteiger partial charge in [-0.05, 0) is 45.6 Å². The lowest BCUT2D eigenvalue weighted by molar-refractivity contribution is -0.121. The van der Waals surface area contributed by atoms with E-state index in [1.165, 1.54) is 77.7 Å². The number of amides is 1. The third-order valence-electron chi connectivity index (χ3n) is 8.38. The first kappa shape index (κ1) is 43.2. The highest BCUT2D eigenvalue weighted by Gasteiger charge is 2.49. The Morgan fingerprint density at radius 1 is 0.837 bits per heavy atom. The van der Waals surface area contributed by atoms with Gasteiger partial charge in [0.15, 0.2) is 0 Å². The number of hydrogen-bond acceptors (Lipinski definition) is 9. The molecule has 1 aromatic carbocycles. The van der Waals surface area contributed by atoms with Crippen molar-refractivity contribution >= 4 is 19.9 Å². The average Bonchev–Trinajstić information content (AvgIpc) is 3.37. The summed E-state index contributed by atoms with van der Waals surface area (Å²) in [4.78, 5) is 35.2. The fraction of sp³-hybridized carbons (Fsp3) is 0.784. The van der Waals surface area contributed by atoms with Gasteiger partial charge in [0.25, 0.3) is 0 Å². The highest BCUT2D eigenvalue weighted by atomic mass is 31.2. The largest absolute Gasteiger partial charge is 0.508 e. The minimum absolute atomic E-state index is 0.0285. The van der Waals surface area contributed by atoms with Crippen molar-refractivity contribution in [1.29, 1.82) is 0 Å². The van der Waals surface area contributed by atoms with Crippen LogP contribution in [0.3, 0.4) is 0 Å². The predicted molar refractivity (Wildman–Crippen MR) is 190 cm³/mol. The Labute approximate surface area is 295 Å². The maximum atomic E-state index is 12.9. The van der Waals surface area contributed by atoms with Crippen molar-refractivity contribution in [3.63, 3.8) is 0 Å². The number of unbranched alkanes of at least 4 members (excludes halogenated alkanes) is 12. The van der Waals surface area contributed by atoms with Crippen LogP contribution in [0.4, 0.5) is 4.79 Å². The highest BCUT2D eigenvalue weighted by Crippen LogP contribution is 2.51. The molecule has 1 aliphatic rings. The number of carbonyl (C=O) groups excluding carboxylic acids is 2. The fourth-order valence-corrected chi connectivity index (χ4v) is 7.23. The van der Waals surface area contributed by atoms with Gasteiger partial charge >= 0.3 is 14.0 Å². The van der Waals surface area contributed by atoms with Gasteiger partial charge in [-0.1, -0.05) is 114 Å². The number of methoxy groups -OCH3 is 1. The molecule has 49 heavy (non-hydrogen) atoms. The number of hydrogen-bond donors (Lipinski definition) is 2. The normalized spacial score (nSPS) is 20.5. The molecule has 0 aromatic heterocycles. The van der Waals surface area contributed by atoms with Crippen molar-refractivity contribution in [2.24, 2.45) is 0 Å². The van der Waals surface area contributed by atoms with E-state index in [-0.39, 0.29) is 19.1 Å². The van der Waals surface area contributed by atoms with Crippen molar-refractivity contribution in [1.82, 2.24) is 5.32 Å². The van der Waals surface area contributed by atoms with E-state index in [0.29, 0.717) is 25.8 Å². The third kappa shape index (κ3) is 19.8. The summed E-state index contributed by atoms with van der Waals surface area (Å²) in [6.45, 7) is 7.36. The molecule has 1 aliphatic heterocycles. The second-order valence-corrected chi connectivity index (χ2v) is 15.3. The van der Waals surface area contributed by atoms with E-state index in [4.69, 9.17) is 28.0 Å². The van der Waals surface area contributed by atoms with E-state index in [1.807, 2.05) is 30.3 Å². The zero-order chi connectivity index (χ0) is 36.0. The second-order valence-electron chi connectivity index (χ2n) is 14.0. The summed E-state index contributed by atoms with van der Waals surface area (Å²) in [7, 11) is -3.08. The van der Waals surface area contributed by atoms with E-state index in [2.05, 4.69) is 12.2 Å². The number of ether oxygens (including phenoxy) is 4. The van der Waals surface area contributed by atoms with Crippen LogP contribution in [0.15, 0.2) is 30.3 Å². The molecule has 0 saturated carbocycles. The van der Waals surface area contributed by atoms with Crippen LogP contribution >= 0.6 is 7.82 Å². The van der Waals surface area contributed by atoms with Gasteiger partial charge in [-0.15, -0.1) is 0 Å². The number of carbonyl (C=O) groups is 2. The quantitative estimate of drug-likeness (QED) is 0.0544. The van der Waals surface area contributed by atoms with E-state index >= 15 is 0 Å². The summed E-state index contributed by atoms with van der Waals surface area (Å²) in [5.74, 6) is 0.0285. The first-order valence-corrected chi connectivity index (χ1v) is 19.9. The van der Waals surface area contributed by atoms with Crippen LogP contribution < -0.4 is 5.32 Å². The first-order chi connectivity index (χ1) is 23.4. The maximum absolute atomic E-state index is 12.9. The molecule has 11 nitrogen and oxygen atoms in total. The Morgan fingerprint density at radius 2 is 1.43 bits per heavy atom. The minimum Gasteiger partial charge on any atom is -0.431 e. The standard InChI is InChI=1S/C37H64NO10P/c1-6-7-8-9-10-11-12-13-14-15-16-17-21-26-33(39)38-27-22-25-31-34(43-5)35(47-49(41,42)48-37(2,3)4)32(46-31)29-45-36(40)44-28-30-23-19-18-20-24-30/h18-20,23-24,31-32,34-35H,6-17,21-22,25-29H2,1-5H3,(H,38,39)(H,41,42)/t31-,32+,34+,35?/m0/s1. The summed E-state index contributed by atoms with van der Waals surface area (Å²) in [5.41, 5.74) is -0.154. The van der Waals surface area contributed by atoms with Crippen molar-refractivity contribution in [2.75, 3.05) is 20.3 Å². The Balaban J connectivity index is 1.73. The molecular weight excluding hydrogens is 649 g/mol. The molecule has 1 amide bonds. The van der Waals surface area contributed by atoms with Gasteiger partial charge < -0.3 is 29.2 Å². The molecule has 0 spiro atoms. The summed E-state index contributed by atoms with van der Waals surface area (Å²) < 4.78 is 46.1. The molecule has 1 aromatic rings. The monoisotopic (exact) mass is 713 g/mol. The van der Waals surface area contributed by atoms with Crippen LogP contribution in [-0.2, 0) is 44.0 Å².